The highest BCUT2D eigenvalue weighted by atomic mass is 16.4. The van der Waals surface area contributed by atoms with Crippen molar-refractivity contribution >= 4 is 5.97 Å². The number of carboxylic acid groups (broad SMARTS) is 1. The van der Waals surface area contributed by atoms with Crippen molar-refractivity contribution in [3.63, 3.8) is 0 Å². The van der Waals surface area contributed by atoms with Gasteiger partial charge in [-0.05, 0) is 48.8 Å². The van der Waals surface area contributed by atoms with E-state index in [2.05, 4.69) is 6.07 Å². The number of aromatic hydroxyl groups is 1. The van der Waals surface area contributed by atoms with Gasteiger partial charge in [-0.15, -0.1) is 0 Å². The monoisotopic (exact) mass is 262 g/mol. The number of hydrogen-bond donors (Lipinski definition) is 2. The first-order valence-electron chi connectivity index (χ1n) is 7.20. The van der Waals surface area contributed by atoms with Crippen molar-refractivity contribution in [3.8, 4) is 5.75 Å². The number of carbonyl (C=O) groups is 1. The highest BCUT2D eigenvalue weighted by molar-refractivity contribution is 5.66. The van der Waals surface area contributed by atoms with Crippen molar-refractivity contribution in [1.82, 2.24) is 0 Å². The van der Waals surface area contributed by atoms with Crippen molar-refractivity contribution in [2.75, 3.05) is 0 Å². The summed E-state index contributed by atoms with van der Waals surface area (Å²) in [4.78, 5) is 10.5. The Kier molecular flexibility index (Phi) is 4.83. The molecule has 0 aromatic heterocycles. The zero-order valence-corrected chi connectivity index (χ0v) is 11.3. The standard InChI is InChI=1S/C16H22O3/c17-15-10-9-12(5-4-8-16(18)19)11-14(15)13-6-2-1-3-7-13/h9-11,13,17H,1-8H2,(H,18,19). The molecule has 3 heteroatoms. The largest absolute Gasteiger partial charge is 0.508 e. The molecule has 1 aromatic rings. The number of aliphatic carboxylic acids is 1. The van der Waals surface area contributed by atoms with Gasteiger partial charge in [-0.3, -0.25) is 4.79 Å². The maximum absolute atomic E-state index is 10.5. The highest BCUT2D eigenvalue weighted by Gasteiger charge is 2.18. The zero-order valence-electron chi connectivity index (χ0n) is 11.3. The summed E-state index contributed by atoms with van der Waals surface area (Å²) in [7, 11) is 0. The Bertz CT molecular complexity index is 434. The number of phenolic OH excluding ortho intramolecular Hbond substituents is 1. The van der Waals surface area contributed by atoms with Crippen molar-refractivity contribution < 1.29 is 15.0 Å². The predicted octanol–water partition coefficient (Wildman–Crippen LogP) is 3.85. The van der Waals surface area contributed by atoms with Crippen LogP contribution in [-0.4, -0.2) is 16.2 Å². The molecule has 0 bridgehead atoms. The Balaban J connectivity index is 2.03. The molecule has 1 aliphatic rings. The normalized spacial score (nSPS) is 16.4. The van der Waals surface area contributed by atoms with E-state index < -0.39 is 5.97 Å². The summed E-state index contributed by atoms with van der Waals surface area (Å²) >= 11 is 0. The topological polar surface area (TPSA) is 57.5 Å². The summed E-state index contributed by atoms with van der Waals surface area (Å²) in [5, 5.41) is 18.7. The second-order valence-electron chi connectivity index (χ2n) is 5.48. The highest BCUT2D eigenvalue weighted by Crippen LogP contribution is 2.37. The molecular formula is C16H22O3. The van der Waals surface area contributed by atoms with Crippen LogP contribution in [0.2, 0.25) is 0 Å². The van der Waals surface area contributed by atoms with Gasteiger partial charge in [0.15, 0.2) is 0 Å². The van der Waals surface area contributed by atoms with Crippen LogP contribution < -0.4 is 0 Å². The van der Waals surface area contributed by atoms with Crippen LogP contribution >= 0.6 is 0 Å². The SMILES string of the molecule is O=C(O)CCCc1ccc(O)c(C2CCCCC2)c1. The van der Waals surface area contributed by atoms with E-state index in [9.17, 15) is 9.90 Å². The first-order valence-corrected chi connectivity index (χ1v) is 7.20. The van der Waals surface area contributed by atoms with Crippen LogP contribution in [0.15, 0.2) is 18.2 Å². The first-order chi connectivity index (χ1) is 9.16. The molecule has 2 rings (SSSR count). The lowest BCUT2D eigenvalue weighted by atomic mass is 9.83. The molecule has 104 valence electrons. The minimum atomic E-state index is -0.744. The van der Waals surface area contributed by atoms with Gasteiger partial charge in [0.1, 0.15) is 5.75 Å². The summed E-state index contributed by atoms with van der Waals surface area (Å²) < 4.78 is 0. The van der Waals surface area contributed by atoms with Gasteiger partial charge in [0.2, 0.25) is 0 Å². The lowest BCUT2D eigenvalue weighted by molar-refractivity contribution is -0.137. The molecular weight excluding hydrogens is 240 g/mol. The molecule has 2 N–H and O–H groups in total. The van der Waals surface area contributed by atoms with E-state index in [-0.39, 0.29) is 6.42 Å². The van der Waals surface area contributed by atoms with E-state index in [1.54, 1.807) is 6.07 Å². The molecule has 0 amide bonds. The average Bonchev–Trinajstić information content (AvgIpc) is 2.41. The van der Waals surface area contributed by atoms with Crippen LogP contribution in [0.1, 0.15) is 62.0 Å². The van der Waals surface area contributed by atoms with Crippen molar-refractivity contribution in [2.45, 2.75) is 57.3 Å². The third kappa shape index (κ3) is 3.98. The molecule has 0 unspecified atom stereocenters. The lowest BCUT2D eigenvalue weighted by Crippen LogP contribution is -2.05. The predicted molar refractivity (Wildman–Crippen MR) is 74.5 cm³/mol. The Morgan fingerprint density at radius 1 is 1.21 bits per heavy atom. The van der Waals surface area contributed by atoms with E-state index in [0.29, 0.717) is 18.1 Å². The number of hydrogen-bond acceptors (Lipinski definition) is 2. The van der Waals surface area contributed by atoms with Gasteiger partial charge in [-0.25, -0.2) is 0 Å². The quantitative estimate of drug-likeness (QED) is 0.847. The molecule has 1 aromatic carbocycles. The van der Waals surface area contributed by atoms with Gasteiger partial charge in [-0.1, -0.05) is 31.4 Å². The van der Waals surface area contributed by atoms with Crippen LogP contribution in [0.25, 0.3) is 0 Å². The molecule has 0 aliphatic heterocycles. The average molecular weight is 262 g/mol. The molecule has 3 nitrogen and oxygen atoms in total. The van der Waals surface area contributed by atoms with E-state index in [4.69, 9.17) is 5.11 Å². The van der Waals surface area contributed by atoms with E-state index in [0.717, 1.165) is 30.4 Å². The molecule has 0 spiro atoms. The maximum atomic E-state index is 10.5. The smallest absolute Gasteiger partial charge is 0.303 e. The van der Waals surface area contributed by atoms with Crippen molar-refractivity contribution in [2.24, 2.45) is 0 Å². The molecule has 0 atom stereocenters. The van der Waals surface area contributed by atoms with E-state index >= 15 is 0 Å². The minimum absolute atomic E-state index is 0.208. The van der Waals surface area contributed by atoms with Gasteiger partial charge < -0.3 is 10.2 Å². The fraction of sp³-hybridized carbons (Fsp3) is 0.562. The molecule has 1 aliphatic carbocycles. The molecule has 0 radical (unpaired) electrons. The third-order valence-corrected chi connectivity index (χ3v) is 3.99. The Hall–Kier alpha value is -1.51. The van der Waals surface area contributed by atoms with Crippen molar-refractivity contribution in [1.29, 1.82) is 0 Å². The molecule has 0 heterocycles. The molecule has 0 saturated heterocycles. The fourth-order valence-corrected chi connectivity index (χ4v) is 2.94. The Morgan fingerprint density at radius 3 is 2.63 bits per heavy atom. The van der Waals surface area contributed by atoms with Crippen LogP contribution in [-0.2, 0) is 11.2 Å². The lowest BCUT2D eigenvalue weighted by Gasteiger charge is -2.23. The van der Waals surface area contributed by atoms with Gasteiger partial charge in [0, 0.05) is 6.42 Å². The second-order valence-corrected chi connectivity index (χ2v) is 5.48. The molecule has 1 fully saturated rings. The van der Waals surface area contributed by atoms with Crippen molar-refractivity contribution in [3.05, 3.63) is 29.3 Å². The van der Waals surface area contributed by atoms with Gasteiger partial charge in [0.05, 0.1) is 0 Å². The summed E-state index contributed by atoms with van der Waals surface area (Å²) in [5.74, 6) is 0.133. The number of aryl methyl sites for hydroxylation is 1. The number of benzene rings is 1. The van der Waals surface area contributed by atoms with E-state index in [1.807, 2.05) is 6.07 Å². The zero-order chi connectivity index (χ0) is 13.7. The third-order valence-electron chi connectivity index (χ3n) is 3.99. The fourth-order valence-electron chi connectivity index (χ4n) is 2.94. The molecule has 19 heavy (non-hydrogen) atoms. The summed E-state index contributed by atoms with van der Waals surface area (Å²) in [6.45, 7) is 0. The van der Waals surface area contributed by atoms with Gasteiger partial charge in [0.25, 0.3) is 0 Å². The summed E-state index contributed by atoms with van der Waals surface area (Å²) in [6, 6.07) is 5.75. The van der Waals surface area contributed by atoms with Crippen LogP contribution in [0.3, 0.4) is 0 Å². The van der Waals surface area contributed by atoms with Gasteiger partial charge in [-0.2, -0.15) is 0 Å². The van der Waals surface area contributed by atoms with E-state index in [1.165, 1.54) is 19.3 Å². The summed E-state index contributed by atoms with van der Waals surface area (Å²) in [6.07, 6.45) is 7.74. The summed E-state index contributed by atoms with van der Waals surface area (Å²) in [5.41, 5.74) is 2.20. The first kappa shape index (κ1) is 13.9. The number of phenols is 1. The van der Waals surface area contributed by atoms with Gasteiger partial charge >= 0.3 is 5.97 Å². The number of carboxylic acids is 1. The Morgan fingerprint density at radius 2 is 1.95 bits per heavy atom. The maximum Gasteiger partial charge on any atom is 0.303 e. The number of rotatable bonds is 5. The Labute approximate surface area is 114 Å². The second kappa shape index (κ2) is 6.60. The van der Waals surface area contributed by atoms with Crippen LogP contribution in [0.4, 0.5) is 0 Å². The minimum Gasteiger partial charge on any atom is -0.508 e. The molecule has 1 saturated carbocycles. The van der Waals surface area contributed by atoms with Crippen LogP contribution in [0, 0.1) is 0 Å². The van der Waals surface area contributed by atoms with Crippen LogP contribution in [0.5, 0.6) is 5.75 Å².